The van der Waals surface area contributed by atoms with Crippen molar-refractivity contribution in [3.63, 3.8) is 0 Å². The minimum atomic E-state index is -0.743. The van der Waals surface area contributed by atoms with E-state index in [0.717, 1.165) is 6.20 Å². The molecular formula is C11H15N3O4. The maximum atomic E-state index is 11.6. The van der Waals surface area contributed by atoms with Crippen LogP contribution in [0.2, 0.25) is 0 Å². The number of anilines is 1. The van der Waals surface area contributed by atoms with Gasteiger partial charge >= 0.3 is 5.97 Å². The Morgan fingerprint density at radius 2 is 2.17 bits per heavy atom. The van der Waals surface area contributed by atoms with Crippen LogP contribution in [0.5, 0.6) is 0 Å². The third kappa shape index (κ3) is 3.41. The maximum Gasteiger partial charge on any atom is 0.345 e. The Labute approximate surface area is 104 Å². The van der Waals surface area contributed by atoms with Gasteiger partial charge in [0, 0.05) is 5.92 Å². The molecule has 1 heterocycles. The van der Waals surface area contributed by atoms with Crippen LogP contribution in [0.25, 0.3) is 0 Å². The molecule has 1 amide bonds. The van der Waals surface area contributed by atoms with Crippen molar-refractivity contribution in [1.29, 1.82) is 0 Å². The van der Waals surface area contributed by atoms with Gasteiger partial charge in [0.1, 0.15) is 5.56 Å². The highest BCUT2D eigenvalue weighted by Gasteiger charge is 2.14. The Hall–Kier alpha value is -2.18. The van der Waals surface area contributed by atoms with E-state index < -0.39 is 11.5 Å². The number of carbonyl (C=O) groups excluding carboxylic acids is 2. The fourth-order valence-corrected chi connectivity index (χ4v) is 1.07. The molecule has 7 heteroatoms. The molecule has 1 aromatic rings. The number of hydrogen-bond acceptors (Lipinski definition) is 5. The van der Waals surface area contributed by atoms with Crippen molar-refractivity contribution < 1.29 is 14.3 Å². The minimum Gasteiger partial charge on any atom is -0.462 e. The number of esters is 1. The van der Waals surface area contributed by atoms with Gasteiger partial charge in [-0.05, 0) is 6.92 Å². The number of aromatic amines is 1. The first-order valence-electron chi connectivity index (χ1n) is 5.53. The van der Waals surface area contributed by atoms with Crippen molar-refractivity contribution in [2.24, 2.45) is 5.92 Å². The SMILES string of the molecule is CCOC(=O)c1cnc(NC(=O)C(C)C)[nH]c1=O. The maximum absolute atomic E-state index is 11.6. The summed E-state index contributed by atoms with van der Waals surface area (Å²) in [5, 5.41) is 2.42. The van der Waals surface area contributed by atoms with Gasteiger partial charge in [0.25, 0.3) is 5.56 Å². The van der Waals surface area contributed by atoms with Crippen LogP contribution in [0.1, 0.15) is 31.1 Å². The first-order valence-corrected chi connectivity index (χ1v) is 5.53. The van der Waals surface area contributed by atoms with E-state index in [2.05, 4.69) is 20.0 Å². The molecule has 1 aromatic heterocycles. The summed E-state index contributed by atoms with van der Waals surface area (Å²) in [6.45, 7) is 5.22. The summed E-state index contributed by atoms with van der Waals surface area (Å²) in [6, 6.07) is 0. The van der Waals surface area contributed by atoms with Crippen LogP contribution in [0, 0.1) is 5.92 Å². The number of nitrogens with one attached hydrogen (secondary N) is 2. The van der Waals surface area contributed by atoms with Crippen LogP contribution in [-0.4, -0.2) is 28.5 Å². The van der Waals surface area contributed by atoms with E-state index in [-0.39, 0.29) is 29.9 Å². The zero-order valence-electron chi connectivity index (χ0n) is 10.4. The summed E-state index contributed by atoms with van der Waals surface area (Å²) in [6.07, 6.45) is 1.08. The monoisotopic (exact) mass is 253 g/mol. The van der Waals surface area contributed by atoms with Crippen molar-refractivity contribution in [2.75, 3.05) is 11.9 Å². The van der Waals surface area contributed by atoms with E-state index in [1.165, 1.54) is 0 Å². The summed E-state index contributed by atoms with van der Waals surface area (Å²) >= 11 is 0. The summed E-state index contributed by atoms with van der Waals surface area (Å²) in [7, 11) is 0. The van der Waals surface area contributed by atoms with E-state index in [9.17, 15) is 14.4 Å². The molecule has 0 aliphatic heterocycles. The van der Waals surface area contributed by atoms with Gasteiger partial charge in [-0.15, -0.1) is 0 Å². The fourth-order valence-electron chi connectivity index (χ4n) is 1.07. The summed E-state index contributed by atoms with van der Waals surface area (Å²) < 4.78 is 4.68. The zero-order chi connectivity index (χ0) is 13.7. The number of carbonyl (C=O) groups is 2. The van der Waals surface area contributed by atoms with Crippen LogP contribution in [0.4, 0.5) is 5.95 Å². The van der Waals surface area contributed by atoms with Crippen LogP contribution >= 0.6 is 0 Å². The van der Waals surface area contributed by atoms with Gasteiger partial charge in [-0.2, -0.15) is 0 Å². The predicted molar refractivity (Wildman–Crippen MR) is 64.3 cm³/mol. The molecule has 0 atom stereocenters. The Bertz CT molecular complexity index is 507. The second kappa shape index (κ2) is 5.95. The molecule has 0 bridgehead atoms. The first-order chi connectivity index (χ1) is 8.45. The lowest BCUT2D eigenvalue weighted by atomic mass is 10.2. The fraction of sp³-hybridized carbons (Fsp3) is 0.455. The molecule has 18 heavy (non-hydrogen) atoms. The van der Waals surface area contributed by atoms with Gasteiger partial charge in [0.05, 0.1) is 12.8 Å². The topological polar surface area (TPSA) is 101 Å². The lowest BCUT2D eigenvalue weighted by Crippen LogP contribution is -2.25. The minimum absolute atomic E-state index is 0.00625. The van der Waals surface area contributed by atoms with Crippen molar-refractivity contribution >= 4 is 17.8 Å². The van der Waals surface area contributed by atoms with Crippen LogP contribution in [0.3, 0.4) is 0 Å². The second-order valence-corrected chi connectivity index (χ2v) is 3.84. The van der Waals surface area contributed by atoms with Crippen molar-refractivity contribution in [3.8, 4) is 0 Å². The molecule has 0 aliphatic carbocycles. The van der Waals surface area contributed by atoms with Gasteiger partial charge in [0.15, 0.2) is 0 Å². The molecule has 0 aromatic carbocycles. The Morgan fingerprint density at radius 3 is 2.67 bits per heavy atom. The van der Waals surface area contributed by atoms with E-state index in [4.69, 9.17) is 0 Å². The van der Waals surface area contributed by atoms with E-state index in [0.29, 0.717) is 0 Å². The molecule has 1 rings (SSSR count). The first kappa shape index (κ1) is 13.9. The quantitative estimate of drug-likeness (QED) is 0.763. The highest BCUT2D eigenvalue weighted by Crippen LogP contribution is 2.00. The van der Waals surface area contributed by atoms with Crippen molar-refractivity contribution in [2.45, 2.75) is 20.8 Å². The normalized spacial score (nSPS) is 10.2. The van der Waals surface area contributed by atoms with Crippen LogP contribution < -0.4 is 10.9 Å². The molecule has 7 nitrogen and oxygen atoms in total. The lowest BCUT2D eigenvalue weighted by molar-refractivity contribution is -0.118. The van der Waals surface area contributed by atoms with Gasteiger partial charge in [0.2, 0.25) is 11.9 Å². The third-order valence-corrected chi connectivity index (χ3v) is 2.06. The smallest absolute Gasteiger partial charge is 0.345 e. The number of hydrogen-bond donors (Lipinski definition) is 2. The molecule has 98 valence electrons. The van der Waals surface area contributed by atoms with Gasteiger partial charge in [-0.25, -0.2) is 9.78 Å². The molecule has 2 N–H and O–H groups in total. The Kier molecular flexibility index (Phi) is 4.59. The second-order valence-electron chi connectivity index (χ2n) is 3.84. The number of rotatable bonds is 4. The average Bonchev–Trinajstić information content (AvgIpc) is 2.29. The number of H-pyrrole nitrogens is 1. The third-order valence-electron chi connectivity index (χ3n) is 2.06. The van der Waals surface area contributed by atoms with Crippen molar-refractivity contribution in [3.05, 3.63) is 22.1 Å². The lowest BCUT2D eigenvalue weighted by Gasteiger charge is -2.06. The number of nitrogens with zero attached hydrogens (tertiary/aromatic N) is 1. The molecule has 0 saturated carbocycles. The highest BCUT2D eigenvalue weighted by atomic mass is 16.5. The number of ether oxygens (including phenoxy) is 1. The van der Waals surface area contributed by atoms with Crippen molar-refractivity contribution in [1.82, 2.24) is 9.97 Å². The summed E-state index contributed by atoms with van der Waals surface area (Å²) in [4.78, 5) is 40.4. The largest absolute Gasteiger partial charge is 0.462 e. The number of amides is 1. The Balaban J connectivity index is 2.89. The van der Waals surface area contributed by atoms with E-state index >= 15 is 0 Å². The van der Waals surface area contributed by atoms with E-state index in [1.807, 2.05) is 0 Å². The van der Waals surface area contributed by atoms with Gasteiger partial charge in [-0.3, -0.25) is 19.9 Å². The molecule has 0 radical (unpaired) electrons. The molecule has 0 aliphatic rings. The molecule has 0 spiro atoms. The Morgan fingerprint density at radius 1 is 1.50 bits per heavy atom. The standard InChI is InChI=1S/C11H15N3O4/c1-4-18-10(17)7-5-12-11(14-9(7)16)13-8(15)6(2)3/h5-6H,4H2,1-3H3,(H2,12,13,14,15,16). The summed E-state index contributed by atoms with van der Waals surface area (Å²) in [5.74, 6) is -1.25. The molecule has 0 unspecified atom stereocenters. The molecule has 0 saturated heterocycles. The average molecular weight is 253 g/mol. The number of aromatic nitrogens is 2. The molecule has 0 fully saturated rings. The van der Waals surface area contributed by atoms with Gasteiger partial charge in [-0.1, -0.05) is 13.8 Å². The van der Waals surface area contributed by atoms with E-state index in [1.54, 1.807) is 20.8 Å². The molecular weight excluding hydrogens is 238 g/mol. The zero-order valence-corrected chi connectivity index (χ0v) is 10.4. The summed E-state index contributed by atoms with van der Waals surface area (Å²) in [5.41, 5.74) is -0.845. The highest BCUT2D eigenvalue weighted by molar-refractivity contribution is 5.91. The van der Waals surface area contributed by atoms with Crippen LogP contribution in [-0.2, 0) is 9.53 Å². The predicted octanol–water partition coefficient (Wildman–Crippen LogP) is 0.541. The van der Waals surface area contributed by atoms with Gasteiger partial charge < -0.3 is 4.74 Å². The van der Waals surface area contributed by atoms with Crippen LogP contribution in [0.15, 0.2) is 11.0 Å².